The second-order valence-electron chi connectivity index (χ2n) is 10.3. The third kappa shape index (κ3) is 25.8. The van der Waals surface area contributed by atoms with Crippen LogP contribution in [-0.2, 0) is 42.3 Å². The van der Waals surface area contributed by atoms with Crippen molar-refractivity contribution in [1.82, 2.24) is 4.90 Å². The topological polar surface area (TPSA) is 86.3 Å². The molecule has 0 aliphatic carbocycles. The highest BCUT2D eigenvalue weighted by Crippen LogP contribution is 2.36. The average Bonchev–Trinajstić information content (AvgIpc) is 2.82. The van der Waals surface area contributed by atoms with E-state index < -0.39 is 8.32 Å². The Morgan fingerprint density at radius 2 is 0.676 bits per heavy atom. The van der Waals surface area contributed by atoms with Gasteiger partial charge in [0.25, 0.3) is 0 Å². The quantitative estimate of drug-likeness (QED) is 0.106. The van der Waals surface area contributed by atoms with Gasteiger partial charge >= 0.3 is 0 Å². The van der Waals surface area contributed by atoms with E-state index in [0.717, 1.165) is 13.2 Å². The van der Waals surface area contributed by atoms with Crippen molar-refractivity contribution in [2.24, 2.45) is 0 Å². The molecule has 0 aromatic carbocycles. The van der Waals surface area contributed by atoms with E-state index in [0.29, 0.717) is 106 Å². The summed E-state index contributed by atoms with van der Waals surface area (Å²) in [6.07, 6.45) is 0. The second-order valence-corrected chi connectivity index (χ2v) is 15.1. The van der Waals surface area contributed by atoms with Crippen molar-refractivity contribution in [1.29, 1.82) is 0 Å². The van der Waals surface area contributed by atoms with Crippen LogP contribution >= 0.6 is 0 Å². The monoisotopic (exact) mass is 555 g/mol. The lowest BCUT2D eigenvalue weighted by Gasteiger charge is -2.36. The van der Waals surface area contributed by atoms with Crippen molar-refractivity contribution in [2.45, 2.75) is 38.9 Å². The molecule has 0 radical (unpaired) electrons. The van der Waals surface area contributed by atoms with Gasteiger partial charge in [0.1, 0.15) is 0 Å². The Morgan fingerprint density at radius 1 is 0.432 bits per heavy atom. The summed E-state index contributed by atoms with van der Waals surface area (Å²) >= 11 is 0. The smallest absolute Gasteiger partial charge is 0.192 e. The van der Waals surface area contributed by atoms with Crippen LogP contribution in [0.15, 0.2) is 0 Å². The van der Waals surface area contributed by atoms with Gasteiger partial charge in [-0.15, -0.1) is 0 Å². The fourth-order valence-electron chi connectivity index (χ4n) is 2.46. The largest absolute Gasteiger partial charge is 0.414 e. The molecule has 0 N–H and O–H groups in total. The maximum absolute atomic E-state index is 6.07. The van der Waals surface area contributed by atoms with Gasteiger partial charge in [-0.3, -0.25) is 0 Å². The van der Waals surface area contributed by atoms with Crippen LogP contribution in [0.4, 0.5) is 0 Å². The third-order valence-corrected chi connectivity index (χ3v) is 10.3. The molecular formula is C26H57NO9Si. The van der Waals surface area contributed by atoms with Crippen LogP contribution in [0, 0.1) is 0 Å². The molecule has 0 aromatic heterocycles. The lowest BCUT2D eigenvalue weighted by molar-refractivity contribution is -0.0239. The maximum Gasteiger partial charge on any atom is 0.192 e. The van der Waals surface area contributed by atoms with Gasteiger partial charge in [0.05, 0.1) is 112 Å². The van der Waals surface area contributed by atoms with Gasteiger partial charge in [-0.1, -0.05) is 20.8 Å². The van der Waals surface area contributed by atoms with Crippen LogP contribution < -0.4 is 0 Å². The summed E-state index contributed by atoms with van der Waals surface area (Å²) in [5.74, 6) is 0. The molecule has 0 unspecified atom stereocenters. The number of ether oxygens (including phenoxy) is 8. The number of likely N-dealkylation sites (N-methyl/N-ethyl adjacent to an activating group) is 1. The van der Waals surface area contributed by atoms with Crippen molar-refractivity contribution in [2.75, 3.05) is 133 Å². The van der Waals surface area contributed by atoms with Crippen LogP contribution in [0.3, 0.4) is 0 Å². The minimum absolute atomic E-state index is 0.225. The lowest BCUT2D eigenvalue weighted by Crippen LogP contribution is -2.41. The molecule has 0 saturated carbocycles. The van der Waals surface area contributed by atoms with E-state index >= 15 is 0 Å². The van der Waals surface area contributed by atoms with Crippen molar-refractivity contribution in [3.8, 4) is 0 Å². The highest BCUT2D eigenvalue weighted by molar-refractivity contribution is 6.74. The molecule has 11 heteroatoms. The SMILES string of the molecule is CN(C)CCOCCOCCOCCOCCOCCOCCOCCOCCO[Si](C)(C)C(C)(C)C. The number of hydrogen-bond donors (Lipinski definition) is 0. The normalized spacial score (nSPS) is 12.6. The van der Waals surface area contributed by atoms with Gasteiger partial charge in [-0.2, -0.15) is 0 Å². The molecule has 0 heterocycles. The molecular weight excluding hydrogens is 498 g/mol. The summed E-state index contributed by atoms with van der Waals surface area (Å²) in [5.41, 5.74) is 0. The van der Waals surface area contributed by atoms with E-state index in [-0.39, 0.29) is 5.04 Å². The predicted molar refractivity (Wildman–Crippen MR) is 148 cm³/mol. The minimum atomic E-state index is -1.68. The Balaban J connectivity index is 3.14. The van der Waals surface area contributed by atoms with E-state index in [9.17, 15) is 0 Å². The molecule has 0 amide bonds. The van der Waals surface area contributed by atoms with E-state index in [1.54, 1.807) is 0 Å². The standard InChI is InChI=1S/C26H57NO9Si/c1-26(2,3)37(6,7)36-25-24-35-23-22-34-21-20-33-19-18-32-17-16-31-15-14-30-13-12-29-11-10-28-9-8-27(4)5/h8-25H2,1-7H3. The molecule has 0 rings (SSSR count). The molecule has 0 fully saturated rings. The molecule has 0 aliphatic rings. The first-order valence-corrected chi connectivity index (χ1v) is 16.5. The number of hydrogen-bond acceptors (Lipinski definition) is 10. The Labute approximate surface area is 227 Å². The van der Waals surface area contributed by atoms with Gasteiger partial charge in [0, 0.05) is 6.54 Å². The van der Waals surface area contributed by atoms with Gasteiger partial charge in [-0.25, -0.2) is 0 Å². The van der Waals surface area contributed by atoms with E-state index in [4.69, 9.17) is 42.3 Å². The number of rotatable bonds is 28. The first kappa shape index (κ1) is 36.8. The summed E-state index contributed by atoms with van der Waals surface area (Å²) in [6, 6.07) is 0. The van der Waals surface area contributed by atoms with E-state index in [1.165, 1.54) is 0 Å². The van der Waals surface area contributed by atoms with Crippen molar-refractivity contribution < 1.29 is 42.3 Å². The molecule has 10 nitrogen and oxygen atoms in total. The second kappa shape index (κ2) is 24.8. The summed E-state index contributed by atoms with van der Waals surface area (Å²) < 4.78 is 49.9. The fraction of sp³-hybridized carbons (Fsp3) is 1.00. The van der Waals surface area contributed by atoms with Gasteiger partial charge < -0.3 is 47.2 Å². The van der Waals surface area contributed by atoms with Crippen molar-refractivity contribution in [3.63, 3.8) is 0 Å². The first-order valence-electron chi connectivity index (χ1n) is 13.6. The van der Waals surface area contributed by atoms with Gasteiger partial charge in [0.15, 0.2) is 8.32 Å². The zero-order valence-electron chi connectivity index (χ0n) is 24.8. The summed E-state index contributed by atoms with van der Waals surface area (Å²) in [5, 5.41) is 0.225. The molecule has 0 bridgehead atoms. The number of nitrogens with zero attached hydrogens (tertiary/aromatic N) is 1. The summed E-state index contributed by atoms with van der Waals surface area (Å²) in [7, 11) is 2.36. The highest BCUT2D eigenvalue weighted by Gasteiger charge is 2.36. The highest BCUT2D eigenvalue weighted by atomic mass is 28.4. The van der Waals surface area contributed by atoms with Crippen molar-refractivity contribution >= 4 is 8.32 Å². The first-order chi connectivity index (χ1) is 17.7. The minimum Gasteiger partial charge on any atom is -0.414 e. The lowest BCUT2D eigenvalue weighted by atomic mass is 10.2. The third-order valence-electron chi connectivity index (χ3n) is 5.78. The molecule has 0 spiro atoms. The van der Waals surface area contributed by atoms with Gasteiger partial charge in [0.2, 0.25) is 0 Å². The van der Waals surface area contributed by atoms with Crippen molar-refractivity contribution in [3.05, 3.63) is 0 Å². The molecule has 0 aromatic rings. The van der Waals surface area contributed by atoms with Crippen LogP contribution in [0.1, 0.15) is 20.8 Å². The average molecular weight is 556 g/mol. The molecule has 0 aliphatic heterocycles. The fourth-order valence-corrected chi connectivity index (χ4v) is 3.49. The maximum atomic E-state index is 6.07. The zero-order chi connectivity index (χ0) is 27.7. The van der Waals surface area contributed by atoms with E-state index in [2.05, 4.69) is 38.8 Å². The Morgan fingerprint density at radius 3 is 0.919 bits per heavy atom. The molecule has 0 saturated heterocycles. The molecule has 0 atom stereocenters. The Bertz CT molecular complexity index is 479. The van der Waals surface area contributed by atoms with E-state index in [1.807, 2.05) is 14.1 Å². The predicted octanol–water partition coefficient (Wildman–Crippen LogP) is 2.70. The zero-order valence-corrected chi connectivity index (χ0v) is 25.8. The summed E-state index contributed by atoms with van der Waals surface area (Å²) in [4.78, 5) is 2.09. The van der Waals surface area contributed by atoms with Crippen LogP contribution in [0.2, 0.25) is 18.1 Å². The van der Waals surface area contributed by atoms with Gasteiger partial charge in [-0.05, 0) is 32.2 Å². The van der Waals surface area contributed by atoms with Crippen LogP contribution in [-0.4, -0.2) is 146 Å². The molecule has 37 heavy (non-hydrogen) atoms. The Hall–Kier alpha value is -0.183. The van der Waals surface area contributed by atoms with Crippen LogP contribution in [0.25, 0.3) is 0 Å². The Kier molecular flexibility index (Phi) is 24.7. The van der Waals surface area contributed by atoms with Crippen LogP contribution in [0.5, 0.6) is 0 Å². The summed E-state index contributed by atoms with van der Waals surface area (Å²) in [6.45, 7) is 21.8. The molecule has 224 valence electrons.